The number of methoxy groups -OCH3 is 2. The van der Waals surface area contributed by atoms with Gasteiger partial charge in [0.2, 0.25) is 0 Å². The minimum Gasteiger partial charge on any atom is -0.465 e. The quantitative estimate of drug-likeness (QED) is 0.334. The van der Waals surface area contributed by atoms with Crippen molar-refractivity contribution in [1.82, 2.24) is 0 Å². The molecule has 0 bridgehead atoms. The predicted molar refractivity (Wildman–Crippen MR) is 183 cm³/mol. The SMILES string of the molecule is COCC(C)(O)[C@]1(C)CC[C@]2(C)CC[C@@]3(C)[C@]4(C)CC[C@H]5C(C)(C)C(c6ccc(C(=O)OC)cc6)=CC[C@]5(C)[C@H]4CC[C@]3(C)[C@H]21. The summed E-state index contributed by atoms with van der Waals surface area (Å²) in [5.74, 6) is 1.45. The van der Waals surface area contributed by atoms with Crippen LogP contribution in [0.15, 0.2) is 30.3 Å². The lowest BCUT2D eigenvalue weighted by molar-refractivity contribution is -0.283. The minimum absolute atomic E-state index is 0.0385. The van der Waals surface area contributed by atoms with Gasteiger partial charge < -0.3 is 14.6 Å². The molecule has 45 heavy (non-hydrogen) atoms. The molecule has 4 saturated carbocycles. The third kappa shape index (κ3) is 4.12. The largest absolute Gasteiger partial charge is 0.465 e. The van der Waals surface area contributed by atoms with Gasteiger partial charge in [0.05, 0.1) is 24.9 Å². The zero-order valence-electron chi connectivity index (χ0n) is 30.4. The highest BCUT2D eigenvalue weighted by molar-refractivity contribution is 5.89. The van der Waals surface area contributed by atoms with Gasteiger partial charge in [-0.2, -0.15) is 0 Å². The van der Waals surface area contributed by atoms with Gasteiger partial charge in [-0.1, -0.05) is 73.6 Å². The van der Waals surface area contributed by atoms with Crippen LogP contribution in [0.4, 0.5) is 0 Å². The van der Waals surface area contributed by atoms with E-state index in [9.17, 15) is 9.90 Å². The van der Waals surface area contributed by atoms with Crippen molar-refractivity contribution in [2.24, 2.45) is 55.7 Å². The zero-order chi connectivity index (χ0) is 33.1. The number of hydrogen-bond acceptors (Lipinski definition) is 4. The van der Waals surface area contributed by atoms with Crippen molar-refractivity contribution >= 4 is 11.5 Å². The fourth-order valence-corrected chi connectivity index (χ4v) is 14.2. The molecule has 0 amide bonds. The van der Waals surface area contributed by atoms with E-state index in [1.54, 1.807) is 7.11 Å². The Labute approximate surface area is 274 Å². The minimum atomic E-state index is -0.851. The summed E-state index contributed by atoms with van der Waals surface area (Å²) in [6.45, 7) is 23.1. The highest BCUT2D eigenvalue weighted by Crippen LogP contribution is 2.82. The van der Waals surface area contributed by atoms with Gasteiger partial charge in [0.1, 0.15) is 0 Å². The van der Waals surface area contributed by atoms with Crippen LogP contribution in [0, 0.1) is 55.7 Å². The van der Waals surface area contributed by atoms with E-state index in [2.05, 4.69) is 80.5 Å². The topological polar surface area (TPSA) is 55.8 Å². The normalized spacial score (nSPS) is 46.5. The Hall–Kier alpha value is -1.65. The second-order valence-corrected chi connectivity index (χ2v) is 18.7. The van der Waals surface area contributed by atoms with Crippen molar-refractivity contribution in [2.75, 3.05) is 20.8 Å². The number of carbonyl (C=O) groups is 1. The summed E-state index contributed by atoms with van der Waals surface area (Å²) in [5, 5.41) is 12.1. The van der Waals surface area contributed by atoms with Crippen molar-refractivity contribution < 1.29 is 19.4 Å². The summed E-state index contributed by atoms with van der Waals surface area (Å²) in [4.78, 5) is 12.1. The van der Waals surface area contributed by atoms with Gasteiger partial charge in [-0.05, 0) is 138 Å². The zero-order valence-corrected chi connectivity index (χ0v) is 30.4. The number of fused-ring (bicyclic) bond motifs is 7. The van der Waals surface area contributed by atoms with Gasteiger partial charge in [-0.3, -0.25) is 0 Å². The average molecular weight is 619 g/mol. The number of benzene rings is 1. The van der Waals surface area contributed by atoms with E-state index in [0.29, 0.717) is 29.9 Å². The molecule has 1 aromatic rings. The van der Waals surface area contributed by atoms with E-state index in [0.717, 1.165) is 12.8 Å². The van der Waals surface area contributed by atoms with Gasteiger partial charge in [0, 0.05) is 12.5 Å². The molecule has 1 aromatic carbocycles. The Morgan fingerprint density at radius 2 is 1.44 bits per heavy atom. The molecule has 5 aliphatic carbocycles. The van der Waals surface area contributed by atoms with Gasteiger partial charge in [-0.15, -0.1) is 0 Å². The Kier molecular flexibility index (Phi) is 7.52. The van der Waals surface area contributed by atoms with Crippen LogP contribution in [0.25, 0.3) is 5.57 Å². The molecular formula is C41H62O4. The van der Waals surface area contributed by atoms with Gasteiger partial charge in [0.25, 0.3) is 0 Å². The molecule has 1 unspecified atom stereocenters. The first-order valence-electron chi connectivity index (χ1n) is 17.9. The molecule has 4 heteroatoms. The van der Waals surface area contributed by atoms with Crippen LogP contribution >= 0.6 is 0 Å². The molecule has 4 nitrogen and oxygen atoms in total. The van der Waals surface area contributed by atoms with Gasteiger partial charge >= 0.3 is 5.97 Å². The summed E-state index contributed by atoms with van der Waals surface area (Å²) in [6, 6.07) is 8.09. The van der Waals surface area contributed by atoms with Crippen molar-refractivity contribution in [1.29, 1.82) is 0 Å². The molecule has 1 N–H and O–H groups in total. The number of ether oxygens (including phenoxy) is 2. The third-order valence-corrected chi connectivity index (χ3v) is 16.8. The molecule has 5 aliphatic rings. The number of carbonyl (C=O) groups excluding carboxylic acids is 1. The lowest BCUT2D eigenvalue weighted by Gasteiger charge is -2.76. The van der Waals surface area contributed by atoms with Crippen LogP contribution < -0.4 is 0 Å². The Balaban J connectivity index is 1.38. The second-order valence-electron chi connectivity index (χ2n) is 18.7. The molecular weight excluding hydrogens is 556 g/mol. The number of allylic oxidation sites excluding steroid dienone is 2. The Morgan fingerprint density at radius 3 is 2.07 bits per heavy atom. The third-order valence-electron chi connectivity index (χ3n) is 16.8. The van der Waals surface area contributed by atoms with Crippen LogP contribution in [0.2, 0.25) is 0 Å². The van der Waals surface area contributed by atoms with Crippen LogP contribution in [-0.2, 0) is 9.47 Å². The Morgan fingerprint density at radius 1 is 0.844 bits per heavy atom. The Bertz CT molecular complexity index is 1370. The number of hydrogen-bond donors (Lipinski definition) is 1. The summed E-state index contributed by atoms with van der Waals surface area (Å²) < 4.78 is 10.6. The fraction of sp³-hybridized carbons (Fsp3) is 0.780. The van der Waals surface area contributed by atoms with Gasteiger partial charge in [0.15, 0.2) is 0 Å². The smallest absolute Gasteiger partial charge is 0.337 e. The molecule has 0 aromatic heterocycles. The molecule has 0 spiro atoms. The molecule has 10 atom stereocenters. The molecule has 0 saturated heterocycles. The average Bonchev–Trinajstić information content (AvgIpc) is 3.27. The van der Waals surface area contributed by atoms with Crippen molar-refractivity contribution in [3.05, 3.63) is 41.5 Å². The highest BCUT2D eigenvalue weighted by atomic mass is 16.5. The molecule has 6 rings (SSSR count). The van der Waals surface area contributed by atoms with E-state index in [1.807, 2.05) is 12.1 Å². The van der Waals surface area contributed by atoms with E-state index in [4.69, 9.17) is 9.47 Å². The van der Waals surface area contributed by atoms with E-state index >= 15 is 0 Å². The maximum Gasteiger partial charge on any atom is 0.337 e. The number of esters is 1. The van der Waals surface area contributed by atoms with Gasteiger partial charge in [-0.25, -0.2) is 4.79 Å². The predicted octanol–water partition coefficient (Wildman–Crippen LogP) is 9.75. The standard InChI is InChI=1S/C41H62O4/c1-34(2)29(27-12-14-28(15-13-27)32(42)45-11)16-19-36(4)30(34)17-20-37(5)31(36)18-21-38(6)33-35(3,23-25-40(37,38)8)22-24-39(33,7)41(9,43)26-44-10/h12-16,30-31,33,43H,17-26H2,1-11H3/t30-,31+,33-,35+,36-,37+,38+,39+,40-,41?/m0/s1. The maximum absolute atomic E-state index is 12.1. The summed E-state index contributed by atoms with van der Waals surface area (Å²) in [6.07, 6.45) is 13.6. The summed E-state index contributed by atoms with van der Waals surface area (Å²) in [5.41, 5.74) is 3.40. The molecule has 250 valence electrons. The van der Waals surface area contributed by atoms with E-state index < -0.39 is 5.60 Å². The monoisotopic (exact) mass is 618 g/mol. The first-order chi connectivity index (χ1) is 20.8. The summed E-state index contributed by atoms with van der Waals surface area (Å²) >= 11 is 0. The van der Waals surface area contributed by atoms with Crippen LogP contribution in [0.1, 0.15) is 136 Å². The maximum atomic E-state index is 12.1. The molecule has 4 fully saturated rings. The number of rotatable bonds is 5. The summed E-state index contributed by atoms with van der Waals surface area (Å²) in [7, 11) is 3.19. The second kappa shape index (κ2) is 10.2. The van der Waals surface area contributed by atoms with E-state index in [-0.39, 0.29) is 43.9 Å². The fourth-order valence-electron chi connectivity index (χ4n) is 14.2. The van der Waals surface area contributed by atoms with Crippen LogP contribution in [0.3, 0.4) is 0 Å². The van der Waals surface area contributed by atoms with Crippen molar-refractivity contribution in [3.63, 3.8) is 0 Å². The first kappa shape index (κ1) is 33.3. The first-order valence-corrected chi connectivity index (χ1v) is 17.9. The van der Waals surface area contributed by atoms with E-state index in [1.165, 1.54) is 63.2 Å². The van der Waals surface area contributed by atoms with Crippen LogP contribution in [0.5, 0.6) is 0 Å². The molecule has 0 heterocycles. The van der Waals surface area contributed by atoms with Crippen molar-refractivity contribution in [3.8, 4) is 0 Å². The highest BCUT2D eigenvalue weighted by Gasteiger charge is 2.76. The lowest BCUT2D eigenvalue weighted by Crippen LogP contribution is -2.70. The molecule has 0 radical (unpaired) electrons. The van der Waals surface area contributed by atoms with Crippen LogP contribution in [-0.4, -0.2) is 37.5 Å². The number of aliphatic hydroxyl groups is 1. The molecule has 0 aliphatic heterocycles. The van der Waals surface area contributed by atoms with Crippen molar-refractivity contribution in [2.45, 2.75) is 126 Å². The lowest BCUT2D eigenvalue weighted by atomic mass is 9.28.